The van der Waals surface area contributed by atoms with Crippen LogP contribution >= 0.6 is 0 Å². The van der Waals surface area contributed by atoms with Gasteiger partial charge in [-0.3, -0.25) is 0 Å². The Morgan fingerprint density at radius 3 is 2.24 bits per heavy atom. The first-order valence-corrected chi connectivity index (χ1v) is 8.06. The minimum Gasteiger partial charge on any atom is -0.0651 e. The number of hydrogen-bond donors (Lipinski definition) is 0. The van der Waals surface area contributed by atoms with E-state index in [1.807, 2.05) is 0 Å². The van der Waals surface area contributed by atoms with Crippen molar-refractivity contribution in [2.75, 3.05) is 0 Å². The van der Waals surface area contributed by atoms with Crippen LogP contribution in [0.15, 0.2) is 0 Å². The third kappa shape index (κ3) is 5.02. The summed E-state index contributed by atoms with van der Waals surface area (Å²) in [4.78, 5) is 0. The van der Waals surface area contributed by atoms with Gasteiger partial charge in [0.15, 0.2) is 0 Å². The lowest BCUT2D eigenvalue weighted by Gasteiger charge is -2.34. The van der Waals surface area contributed by atoms with Crippen LogP contribution in [0.25, 0.3) is 0 Å². The van der Waals surface area contributed by atoms with Gasteiger partial charge >= 0.3 is 0 Å². The van der Waals surface area contributed by atoms with Crippen LogP contribution in [0, 0.1) is 29.6 Å². The topological polar surface area (TPSA) is 0 Å². The Balaban J connectivity index is 2.35. The molecule has 0 N–H and O–H groups in total. The molecule has 17 heavy (non-hydrogen) atoms. The van der Waals surface area contributed by atoms with Crippen LogP contribution in [0.4, 0.5) is 0 Å². The molecule has 0 aliphatic heterocycles. The molecule has 1 rings (SSSR count). The molecule has 0 aromatic carbocycles. The van der Waals surface area contributed by atoms with Crippen molar-refractivity contribution in [1.82, 2.24) is 0 Å². The highest BCUT2D eigenvalue weighted by Gasteiger charge is 2.26. The molecule has 0 heterocycles. The van der Waals surface area contributed by atoms with Gasteiger partial charge in [0.25, 0.3) is 0 Å². The lowest BCUT2D eigenvalue weighted by atomic mass is 9.72. The van der Waals surface area contributed by atoms with Crippen molar-refractivity contribution in [2.45, 2.75) is 79.6 Å². The predicted octanol–water partition coefficient (Wildman–Crippen LogP) is 5.91. The molecule has 1 saturated carbocycles. The molecule has 5 atom stereocenters. The third-order valence-electron chi connectivity index (χ3n) is 5.38. The standard InChI is InChI=1S/C17H34/c1-6-13(3)10-16(7-2)12-17-9-8-14(4)15(5)11-17/h13-17H,6-12H2,1-5H3. The molecule has 102 valence electrons. The summed E-state index contributed by atoms with van der Waals surface area (Å²) in [5.74, 6) is 4.90. The van der Waals surface area contributed by atoms with Gasteiger partial charge in [-0.2, -0.15) is 0 Å². The molecule has 1 fully saturated rings. The maximum Gasteiger partial charge on any atom is -0.0409 e. The van der Waals surface area contributed by atoms with E-state index in [2.05, 4.69) is 34.6 Å². The quantitative estimate of drug-likeness (QED) is 0.539. The van der Waals surface area contributed by atoms with Gasteiger partial charge in [0.2, 0.25) is 0 Å². The molecule has 0 nitrogen and oxygen atoms in total. The van der Waals surface area contributed by atoms with Crippen molar-refractivity contribution >= 4 is 0 Å². The van der Waals surface area contributed by atoms with Gasteiger partial charge in [-0.1, -0.05) is 60.3 Å². The highest BCUT2D eigenvalue weighted by molar-refractivity contribution is 4.77. The molecule has 0 radical (unpaired) electrons. The minimum absolute atomic E-state index is 0.930. The molecule has 1 aliphatic rings. The SMILES string of the molecule is CCC(C)CC(CC)CC1CCC(C)C(C)C1. The van der Waals surface area contributed by atoms with Crippen molar-refractivity contribution in [3.8, 4) is 0 Å². The Morgan fingerprint density at radius 1 is 1.00 bits per heavy atom. The normalized spacial score (nSPS) is 33.4. The second kappa shape index (κ2) is 7.44. The van der Waals surface area contributed by atoms with Crippen molar-refractivity contribution in [3.05, 3.63) is 0 Å². The van der Waals surface area contributed by atoms with Crippen LogP contribution in [0.5, 0.6) is 0 Å². The predicted molar refractivity (Wildman–Crippen MR) is 78.1 cm³/mol. The molecule has 0 aromatic rings. The van der Waals surface area contributed by atoms with Gasteiger partial charge in [-0.25, -0.2) is 0 Å². The fourth-order valence-electron chi connectivity index (χ4n) is 3.51. The summed E-state index contributed by atoms with van der Waals surface area (Å²) in [7, 11) is 0. The summed E-state index contributed by atoms with van der Waals surface area (Å²) in [5.41, 5.74) is 0. The molecular formula is C17H34. The van der Waals surface area contributed by atoms with Gasteiger partial charge in [-0.15, -0.1) is 0 Å². The van der Waals surface area contributed by atoms with Gasteiger partial charge in [0, 0.05) is 0 Å². The fourth-order valence-corrected chi connectivity index (χ4v) is 3.51. The Bertz CT molecular complexity index is 194. The lowest BCUT2D eigenvalue weighted by Crippen LogP contribution is -2.23. The Morgan fingerprint density at radius 2 is 1.71 bits per heavy atom. The second-order valence-electron chi connectivity index (χ2n) is 6.89. The molecular weight excluding hydrogens is 204 g/mol. The highest BCUT2D eigenvalue weighted by Crippen LogP contribution is 2.38. The maximum atomic E-state index is 2.46. The zero-order valence-corrected chi connectivity index (χ0v) is 12.8. The fraction of sp³-hybridized carbons (Fsp3) is 1.00. The molecule has 0 heteroatoms. The highest BCUT2D eigenvalue weighted by atomic mass is 14.3. The first-order valence-electron chi connectivity index (χ1n) is 8.06. The minimum atomic E-state index is 0.930. The Labute approximate surface area is 110 Å². The summed E-state index contributed by atoms with van der Waals surface area (Å²) >= 11 is 0. The first-order chi connectivity index (χ1) is 8.06. The van der Waals surface area contributed by atoms with Gasteiger partial charge in [0.1, 0.15) is 0 Å². The number of hydrogen-bond acceptors (Lipinski definition) is 0. The second-order valence-corrected chi connectivity index (χ2v) is 6.89. The van der Waals surface area contributed by atoms with Crippen molar-refractivity contribution < 1.29 is 0 Å². The van der Waals surface area contributed by atoms with Crippen LogP contribution < -0.4 is 0 Å². The van der Waals surface area contributed by atoms with Gasteiger partial charge in [0.05, 0.1) is 0 Å². The van der Waals surface area contributed by atoms with E-state index in [0.29, 0.717) is 0 Å². The summed E-state index contributed by atoms with van der Waals surface area (Å²) in [6.45, 7) is 12.1. The summed E-state index contributed by atoms with van der Waals surface area (Å²) in [6.07, 6.45) is 10.2. The van der Waals surface area contributed by atoms with Crippen LogP contribution in [-0.4, -0.2) is 0 Å². The van der Waals surface area contributed by atoms with Crippen LogP contribution in [-0.2, 0) is 0 Å². The average Bonchev–Trinajstić information content (AvgIpc) is 2.32. The summed E-state index contributed by atoms with van der Waals surface area (Å²) in [6, 6.07) is 0. The van der Waals surface area contributed by atoms with E-state index in [4.69, 9.17) is 0 Å². The Kier molecular flexibility index (Phi) is 6.59. The van der Waals surface area contributed by atoms with Crippen LogP contribution in [0.3, 0.4) is 0 Å². The molecule has 0 aromatic heterocycles. The average molecular weight is 238 g/mol. The molecule has 0 saturated heterocycles. The van der Waals surface area contributed by atoms with E-state index < -0.39 is 0 Å². The largest absolute Gasteiger partial charge is 0.0651 e. The first kappa shape index (κ1) is 15.1. The van der Waals surface area contributed by atoms with E-state index in [1.54, 1.807) is 0 Å². The van der Waals surface area contributed by atoms with Gasteiger partial charge < -0.3 is 0 Å². The summed E-state index contributed by atoms with van der Waals surface area (Å²) in [5, 5.41) is 0. The third-order valence-corrected chi connectivity index (χ3v) is 5.38. The molecule has 1 aliphatic carbocycles. The lowest BCUT2D eigenvalue weighted by molar-refractivity contribution is 0.172. The molecule has 0 amide bonds. The van der Waals surface area contributed by atoms with E-state index in [1.165, 1.54) is 44.9 Å². The van der Waals surface area contributed by atoms with Gasteiger partial charge in [-0.05, 0) is 48.9 Å². The molecule has 5 unspecified atom stereocenters. The van der Waals surface area contributed by atoms with E-state index in [9.17, 15) is 0 Å². The van der Waals surface area contributed by atoms with Crippen molar-refractivity contribution in [2.24, 2.45) is 29.6 Å². The summed E-state index contributed by atoms with van der Waals surface area (Å²) < 4.78 is 0. The van der Waals surface area contributed by atoms with E-state index in [-0.39, 0.29) is 0 Å². The Hall–Kier alpha value is 0. The van der Waals surface area contributed by atoms with Crippen molar-refractivity contribution in [3.63, 3.8) is 0 Å². The number of rotatable bonds is 6. The molecule has 0 spiro atoms. The van der Waals surface area contributed by atoms with E-state index >= 15 is 0 Å². The smallest absolute Gasteiger partial charge is 0.0409 e. The zero-order valence-electron chi connectivity index (χ0n) is 12.8. The monoisotopic (exact) mass is 238 g/mol. The zero-order chi connectivity index (χ0) is 12.8. The van der Waals surface area contributed by atoms with Crippen LogP contribution in [0.1, 0.15) is 79.6 Å². The van der Waals surface area contributed by atoms with E-state index in [0.717, 1.165) is 29.6 Å². The molecule has 0 bridgehead atoms. The maximum absolute atomic E-state index is 2.46. The van der Waals surface area contributed by atoms with Crippen molar-refractivity contribution in [1.29, 1.82) is 0 Å². The van der Waals surface area contributed by atoms with Crippen LogP contribution in [0.2, 0.25) is 0 Å².